The van der Waals surface area contributed by atoms with Crippen LogP contribution in [-0.2, 0) is 11.3 Å². The highest BCUT2D eigenvalue weighted by Crippen LogP contribution is 2.26. The smallest absolute Gasteiger partial charge is 0.233 e. The average Bonchev–Trinajstić information content (AvgIpc) is 3.08. The van der Waals surface area contributed by atoms with Crippen molar-refractivity contribution in [3.8, 4) is 11.5 Å². The van der Waals surface area contributed by atoms with E-state index in [9.17, 15) is 4.79 Å². The van der Waals surface area contributed by atoms with Gasteiger partial charge in [-0.1, -0.05) is 30.0 Å². The third kappa shape index (κ3) is 4.74. The summed E-state index contributed by atoms with van der Waals surface area (Å²) < 4.78 is 10.8. The maximum atomic E-state index is 12.4. The number of imidazole rings is 1. The molecule has 7 heteroatoms. The van der Waals surface area contributed by atoms with Crippen molar-refractivity contribution < 1.29 is 14.3 Å². The molecule has 0 spiro atoms. The Kier molecular flexibility index (Phi) is 6.24. The van der Waals surface area contributed by atoms with Gasteiger partial charge in [0.2, 0.25) is 5.91 Å². The second-order valence-electron chi connectivity index (χ2n) is 5.94. The van der Waals surface area contributed by atoms with Crippen LogP contribution in [0.3, 0.4) is 0 Å². The van der Waals surface area contributed by atoms with E-state index in [2.05, 4.69) is 15.3 Å². The Morgan fingerprint density at radius 1 is 1.30 bits per heavy atom. The minimum atomic E-state index is -0.286. The molecule has 1 atom stereocenters. The highest BCUT2D eigenvalue weighted by atomic mass is 32.2. The van der Waals surface area contributed by atoms with Crippen molar-refractivity contribution in [2.24, 2.45) is 0 Å². The summed E-state index contributed by atoms with van der Waals surface area (Å²) in [5, 5.41) is 3.37. The van der Waals surface area contributed by atoms with Crippen molar-refractivity contribution >= 4 is 28.7 Å². The van der Waals surface area contributed by atoms with E-state index in [0.717, 1.165) is 28.1 Å². The number of hydrogen-bond donors (Lipinski definition) is 2. The molecule has 6 nitrogen and oxygen atoms in total. The lowest BCUT2D eigenvalue weighted by atomic mass is 10.2. The summed E-state index contributed by atoms with van der Waals surface area (Å²) >= 11 is 1.39. The van der Waals surface area contributed by atoms with Crippen molar-refractivity contribution in [3.05, 3.63) is 48.0 Å². The number of ether oxygens (including phenoxy) is 2. The number of para-hydroxylation sites is 1. The molecular formula is C20H23N3O3S. The Labute approximate surface area is 162 Å². The van der Waals surface area contributed by atoms with Crippen molar-refractivity contribution in [1.82, 2.24) is 15.3 Å². The van der Waals surface area contributed by atoms with E-state index in [1.54, 1.807) is 7.11 Å². The van der Waals surface area contributed by atoms with E-state index in [1.165, 1.54) is 11.8 Å². The Morgan fingerprint density at radius 3 is 2.89 bits per heavy atom. The molecule has 27 heavy (non-hydrogen) atoms. The molecule has 2 aromatic carbocycles. The number of carbonyl (C=O) groups excluding carboxylic acids is 1. The van der Waals surface area contributed by atoms with Crippen molar-refractivity contribution in [2.45, 2.75) is 30.8 Å². The molecule has 0 radical (unpaired) electrons. The molecule has 0 aliphatic carbocycles. The number of H-pyrrole nitrogens is 1. The topological polar surface area (TPSA) is 76.2 Å². The lowest BCUT2D eigenvalue weighted by molar-refractivity contribution is -0.120. The maximum Gasteiger partial charge on any atom is 0.233 e. The van der Waals surface area contributed by atoms with Gasteiger partial charge in [-0.3, -0.25) is 4.79 Å². The summed E-state index contributed by atoms with van der Waals surface area (Å²) in [6.45, 7) is 4.85. The first-order chi connectivity index (χ1) is 13.1. The molecule has 1 aromatic heterocycles. The molecule has 0 bridgehead atoms. The van der Waals surface area contributed by atoms with Gasteiger partial charge in [0.15, 0.2) is 5.16 Å². The number of hydrogen-bond acceptors (Lipinski definition) is 5. The van der Waals surface area contributed by atoms with Gasteiger partial charge in [0.25, 0.3) is 0 Å². The fraction of sp³-hybridized carbons (Fsp3) is 0.300. The van der Waals surface area contributed by atoms with Crippen LogP contribution >= 0.6 is 11.8 Å². The first kappa shape index (κ1) is 19.1. The van der Waals surface area contributed by atoms with Crippen LogP contribution in [0.1, 0.15) is 19.4 Å². The van der Waals surface area contributed by atoms with Gasteiger partial charge in [0.05, 0.1) is 30.0 Å². The zero-order valence-electron chi connectivity index (χ0n) is 15.6. The summed E-state index contributed by atoms with van der Waals surface area (Å²) in [6.07, 6.45) is 0. The number of benzene rings is 2. The molecule has 0 aliphatic rings. The second kappa shape index (κ2) is 8.81. The number of thioether (sulfide) groups is 1. The highest BCUT2D eigenvalue weighted by molar-refractivity contribution is 8.00. The van der Waals surface area contributed by atoms with Crippen LogP contribution in [0.2, 0.25) is 0 Å². The molecule has 142 valence electrons. The minimum Gasteiger partial charge on any atom is -0.496 e. The van der Waals surface area contributed by atoms with E-state index < -0.39 is 0 Å². The standard InChI is InChI=1S/C20H23N3O3S/c1-4-26-15-9-10-16-17(11-15)23-20(22-16)27-13(2)19(24)21-12-14-7-5-6-8-18(14)25-3/h5-11,13H,4,12H2,1-3H3,(H,21,24)(H,22,23). The fourth-order valence-corrected chi connectivity index (χ4v) is 3.52. The Morgan fingerprint density at radius 2 is 2.11 bits per heavy atom. The lowest BCUT2D eigenvalue weighted by Gasteiger charge is -2.12. The SMILES string of the molecule is CCOc1ccc2nc(SC(C)C(=O)NCc3ccccc3OC)[nH]c2c1. The summed E-state index contributed by atoms with van der Waals surface area (Å²) in [7, 11) is 1.62. The zero-order chi connectivity index (χ0) is 19.2. The van der Waals surface area contributed by atoms with Crippen molar-refractivity contribution in [3.63, 3.8) is 0 Å². The van der Waals surface area contributed by atoms with Crippen LogP contribution < -0.4 is 14.8 Å². The van der Waals surface area contributed by atoms with Gasteiger partial charge in [-0.2, -0.15) is 0 Å². The predicted octanol–water partition coefficient (Wildman–Crippen LogP) is 3.77. The molecule has 0 saturated heterocycles. The summed E-state index contributed by atoms with van der Waals surface area (Å²) in [6, 6.07) is 13.4. The van der Waals surface area contributed by atoms with E-state index in [1.807, 2.05) is 56.3 Å². The Balaban J connectivity index is 1.61. The summed E-state index contributed by atoms with van der Waals surface area (Å²) in [4.78, 5) is 20.2. The van der Waals surface area contributed by atoms with Gasteiger partial charge in [0.1, 0.15) is 11.5 Å². The number of rotatable bonds is 8. The Hall–Kier alpha value is -2.67. The number of carbonyl (C=O) groups is 1. The number of fused-ring (bicyclic) bond motifs is 1. The number of aromatic nitrogens is 2. The molecule has 1 amide bonds. The van der Waals surface area contributed by atoms with E-state index in [-0.39, 0.29) is 11.2 Å². The van der Waals surface area contributed by atoms with Crippen LogP contribution in [0.15, 0.2) is 47.6 Å². The molecule has 0 saturated carbocycles. The highest BCUT2D eigenvalue weighted by Gasteiger charge is 2.17. The molecule has 1 unspecified atom stereocenters. The van der Waals surface area contributed by atoms with E-state index in [0.29, 0.717) is 18.3 Å². The number of nitrogens with zero attached hydrogens (tertiary/aromatic N) is 1. The van der Waals surface area contributed by atoms with Crippen LogP contribution in [0, 0.1) is 0 Å². The molecule has 0 fully saturated rings. The molecule has 3 rings (SSSR count). The molecule has 0 aliphatic heterocycles. The lowest BCUT2D eigenvalue weighted by Crippen LogP contribution is -2.30. The van der Waals surface area contributed by atoms with Crippen molar-refractivity contribution in [1.29, 1.82) is 0 Å². The summed E-state index contributed by atoms with van der Waals surface area (Å²) in [5.41, 5.74) is 2.69. The molecule has 1 heterocycles. The minimum absolute atomic E-state index is 0.0543. The zero-order valence-corrected chi connectivity index (χ0v) is 16.4. The molecular weight excluding hydrogens is 362 g/mol. The van der Waals surface area contributed by atoms with E-state index in [4.69, 9.17) is 9.47 Å². The third-order valence-corrected chi connectivity index (χ3v) is 5.03. The van der Waals surface area contributed by atoms with Crippen LogP contribution in [-0.4, -0.2) is 34.8 Å². The molecule has 2 N–H and O–H groups in total. The number of aromatic amines is 1. The predicted molar refractivity (Wildman–Crippen MR) is 107 cm³/mol. The first-order valence-electron chi connectivity index (χ1n) is 8.79. The van der Waals surface area contributed by atoms with Gasteiger partial charge in [-0.05, 0) is 32.0 Å². The third-order valence-electron chi connectivity index (χ3n) is 4.05. The van der Waals surface area contributed by atoms with Gasteiger partial charge in [-0.25, -0.2) is 4.98 Å². The number of methoxy groups -OCH3 is 1. The first-order valence-corrected chi connectivity index (χ1v) is 9.67. The fourth-order valence-electron chi connectivity index (χ4n) is 2.67. The van der Waals surface area contributed by atoms with Crippen molar-refractivity contribution in [2.75, 3.05) is 13.7 Å². The monoisotopic (exact) mass is 385 g/mol. The number of nitrogens with one attached hydrogen (secondary N) is 2. The van der Waals surface area contributed by atoms with Gasteiger partial charge in [0, 0.05) is 18.2 Å². The van der Waals surface area contributed by atoms with Crippen LogP contribution in [0.5, 0.6) is 11.5 Å². The quantitative estimate of drug-likeness (QED) is 0.577. The normalized spacial score (nSPS) is 12.0. The second-order valence-corrected chi connectivity index (χ2v) is 7.27. The van der Waals surface area contributed by atoms with Crippen LogP contribution in [0.25, 0.3) is 11.0 Å². The molecule has 3 aromatic rings. The number of amides is 1. The maximum absolute atomic E-state index is 12.4. The van der Waals surface area contributed by atoms with Gasteiger partial charge in [-0.15, -0.1) is 0 Å². The van der Waals surface area contributed by atoms with Crippen LogP contribution in [0.4, 0.5) is 0 Å². The largest absolute Gasteiger partial charge is 0.496 e. The average molecular weight is 385 g/mol. The van der Waals surface area contributed by atoms with Gasteiger partial charge < -0.3 is 19.8 Å². The van der Waals surface area contributed by atoms with E-state index >= 15 is 0 Å². The Bertz CT molecular complexity index is 926. The summed E-state index contributed by atoms with van der Waals surface area (Å²) in [5.74, 6) is 1.51. The van der Waals surface area contributed by atoms with Gasteiger partial charge >= 0.3 is 0 Å².